The highest BCUT2D eigenvalue weighted by Gasteiger charge is 2.30. The van der Waals surface area contributed by atoms with Crippen LogP contribution in [-0.4, -0.2) is 23.8 Å². The van der Waals surface area contributed by atoms with Gasteiger partial charge in [0.25, 0.3) is 0 Å². The van der Waals surface area contributed by atoms with Crippen LogP contribution in [0, 0.1) is 6.92 Å². The fourth-order valence-electron chi connectivity index (χ4n) is 2.18. The zero-order valence-corrected chi connectivity index (χ0v) is 10.5. The number of hydrogen-bond acceptors (Lipinski definition) is 2. The smallest absolute Gasteiger partial charge is 0.0823 e. The first-order valence-corrected chi connectivity index (χ1v) is 6.06. The van der Waals surface area contributed by atoms with E-state index in [1.54, 1.807) is 0 Å². The number of rotatable bonds is 2. The van der Waals surface area contributed by atoms with Gasteiger partial charge in [-0.1, -0.05) is 22.0 Å². The Bertz CT molecular complexity index is 338. The Morgan fingerprint density at radius 3 is 2.87 bits per heavy atom. The predicted molar refractivity (Wildman–Crippen MR) is 65.0 cm³/mol. The molecule has 2 nitrogen and oxygen atoms in total. The Balaban J connectivity index is 2.16. The van der Waals surface area contributed by atoms with Crippen molar-refractivity contribution in [3.05, 3.63) is 33.8 Å². The van der Waals surface area contributed by atoms with Crippen molar-refractivity contribution in [1.29, 1.82) is 0 Å². The summed E-state index contributed by atoms with van der Waals surface area (Å²) >= 11 is 3.48. The van der Waals surface area contributed by atoms with Crippen LogP contribution < -0.4 is 5.32 Å². The van der Waals surface area contributed by atoms with Gasteiger partial charge < -0.3 is 10.4 Å². The lowest BCUT2D eigenvalue weighted by Gasteiger charge is -2.21. The lowest BCUT2D eigenvalue weighted by Crippen LogP contribution is -2.33. The summed E-state index contributed by atoms with van der Waals surface area (Å²) in [6.45, 7) is 3.70. The molecule has 2 N–H and O–H groups in total. The topological polar surface area (TPSA) is 32.3 Å². The molecular weight excluding hydrogens is 254 g/mol. The lowest BCUT2D eigenvalue weighted by atomic mass is 9.93. The fraction of sp³-hybridized carbons (Fsp3) is 0.500. The van der Waals surface area contributed by atoms with Crippen molar-refractivity contribution in [2.24, 2.45) is 0 Å². The Hall–Kier alpha value is -0.380. The van der Waals surface area contributed by atoms with Gasteiger partial charge in [-0.15, -0.1) is 0 Å². The molecule has 0 bridgehead atoms. The predicted octanol–water partition coefficient (Wildman–Crippen LogP) is 2.02. The van der Waals surface area contributed by atoms with Gasteiger partial charge in [-0.25, -0.2) is 0 Å². The molecule has 2 rings (SSSR count). The van der Waals surface area contributed by atoms with E-state index in [9.17, 15) is 5.11 Å². The molecule has 1 heterocycles. The molecule has 0 saturated carbocycles. The van der Waals surface area contributed by atoms with E-state index in [0.29, 0.717) is 6.54 Å². The summed E-state index contributed by atoms with van der Waals surface area (Å²) in [5.74, 6) is 0. The Kier molecular flexibility index (Phi) is 3.14. The molecule has 0 amide bonds. The van der Waals surface area contributed by atoms with E-state index in [0.717, 1.165) is 23.9 Å². The lowest BCUT2D eigenvalue weighted by molar-refractivity contribution is 0.0619. The third-order valence-electron chi connectivity index (χ3n) is 2.86. The second-order valence-corrected chi connectivity index (χ2v) is 5.38. The van der Waals surface area contributed by atoms with Gasteiger partial charge in [0.1, 0.15) is 0 Å². The van der Waals surface area contributed by atoms with Gasteiger partial charge >= 0.3 is 0 Å². The number of aliphatic hydroxyl groups is 1. The zero-order valence-electron chi connectivity index (χ0n) is 8.89. The van der Waals surface area contributed by atoms with Crippen molar-refractivity contribution < 1.29 is 5.11 Å². The summed E-state index contributed by atoms with van der Waals surface area (Å²) in [6, 6.07) is 6.31. The zero-order chi connectivity index (χ0) is 10.9. The van der Waals surface area contributed by atoms with Gasteiger partial charge in [-0.05, 0) is 43.1 Å². The van der Waals surface area contributed by atoms with Crippen LogP contribution in [0.5, 0.6) is 0 Å². The van der Waals surface area contributed by atoms with Gasteiger partial charge in [0.2, 0.25) is 0 Å². The van der Waals surface area contributed by atoms with E-state index in [-0.39, 0.29) is 0 Å². The van der Waals surface area contributed by atoms with E-state index in [1.807, 2.05) is 0 Å². The maximum atomic E-state index is 10.2. The summed E-state index contributed by atoms with van der Waals surface area (Å²) in [5, 5.41) is 13.4. The number of hydrogen-bond donors (Lipinski definition) is 2. The van der Waals surface area contributed by atoms with Crippen LogP contribution in [0.4, 0.5) is 0 Å². The molecule has 15 heavy (non-hydrogen) atoms. The third-order valence-corrected chi connectivity index (χ3v) is 3.31. The van der Waals surface area contributed by atoms with Crippen molar-refractivity contribution >= 4 is 15.9 Å². The van der Waals surface area contributed by atoms with Crippen molar-refractivity contribution in [3.63, 3.8) is 0 Å². The van der Waals surface area contributed by atoms with Crippen molar-refractivity contribution in [1.82, 2.24) is 5.32 Å². The molecule has 0 aliphatic carbocycles. The van der Waals surface area contributed by atoms with Crippen LogP contribution in [0.15, 0.2) is 22.7 Å². The maximum absolute atomic E-state index is 10.2. The van der Waals surface area contributed by atoms with Gasteiger partial charge in [0.05, 0.1) is 5.60 Å². The van der Waals surface area contributed by atoms with Crippen LogP contribution in [0.2, 0.25) is 0 Å². The van der Waals surface area contributed by atoms with E-state index in [1.165, 1.54) is 11.1 Å². The molecule has 82 valence electrons. The average molecular weight is 270 g/mol. The van der Waals surface area contributed by atoms with Crippen molar-refractivity contribution in [3.8, 4) is 0 Å². The van der Waals surface area contributed by atoms with Crippen LogP contribution in [0.25, 0.3) is 0 Å². The van der Waals surface area contributed by atoms with Crippen LogP contribution in [-0.2, 0) is 6.42 Å². The molecule has 3 heteroatoms. The van der Waals surface area contributed by atoms with Crippen molar-refractivity contribution in [2.45, 2.75) is 25.4 Å². The SMILES string of the molecule is Cc1cc(Br)cc(CC2(O)CCNC2)c1. The quantitative estimate of drug-likeness (QED) is 0.861. The fourth-order valence-corrected chi connectivity index (χ4v) is 2.83. The average Bonchev–Trinajstić information content (AvgIpc) is 2.49. The molecule has 1 aliphatic heterocycles. The normalized spacial score (nSPS) is 25.8. The molecule has 1 saturated heterocycles. The Labute approximate surface area is 98.8 Å². The first-order chi connectivity index (χ1) is 7.07. The number of aryl methyl sites for hydroxylation is 1. The molecule has 1 atom stereocenters. The number of nitrogens with one attached hydrogen (secondary N) is 1. The number of halogens is 1. The minimum Gasteiger partial charge on any atom is -0.388 e. The molecule has 0 radical (unpaired) electrons. The van der Waals surface area contributed by atoms with Crippen molar-refractivity contribution in [2.75, 3.05) is 13.1 Å². The minimum atomic E-state index is -0.548. The molecule has 1 aliphatic rings. The molecule has 1 fully saturated rings. The third kappa shape index (κ3) is 2.80. The van der Waals surface area contributed by atoms with Crippen LogP contribution >= 0.6 is 15.9 Å². The molecule has 1 unspecified atom stereocenters. The number of benzene rings is 1. The largest absolute Gasteiger partial charge is 0.388 e. The summed E-state index contributed by atoms with van der Waals surface area (Å²) in [6.07, 6.45) is 1.58. The Morgan fingerprint density at radius 1 is 1.47 bits per heavy atom. The van der Waals surface area contributed by atoms with E-state index < -0.39 is 5.60 Å². The minimum absolute atomic E-state index is 0.548. The molecule has 1 aromatic carbocycles. The summed E-state index contributed by atoms with van der Waals surface area (Å²) in [4.78, 5) is 0. The number of β-amino-alcohol motifs (C(OH)–C–C–N with tert-alkyl or cyclic N) is 1. The van der Waals surface area contributed by atoms with Gasteiger partial charge in [0.15, 0.2) is 0 Å². The monoisotopic (exact) mass is 269 g/mol. The summed E-state index contributed by atoms with van der Waals surface area (Å²) in [5.41, 5.74) is 1.88. The molecule has 1 aromatic rings. The first kappa shape index (κ1) is 11.1. The van der Waals surface area contributed by atoms with Crippen LogP contribution in [0.1, 0.15) is 17.5 Å². The first-order valence-electron chi connectivity index (χ1n) is 5.27. The highest BCUT2D eigenvalue weighted by molar-refractivity contribution is 9.10. The highest BCUT2D eigenvalue weighted by Crippen LogP contribution is 2.23. The van der Waals surface area contributed by atoms with Gasteiger partial charge in [-0.3, -0.25) is 0 Å². The second kappa shape index (κ2) is 4.24. The summed E-state index contributed by atoms with van der Waals surface area (Å²) < 4.78 is 1.09. The van der Waals surface area contributed by atoms with E-state index in [4.69, 9.17) is 0 Å². The van der Waals surface area contributed by atoms with Crippen LogP contribution in [0.3, 0.4) is 0 Å². The molecule has 0 aromatic heterocycles. The maximum Gasteiger partial charge on any atom is 0.0823 e. The standard InChI is InChI=1S/C12H16BrNO/c1-9-4-10(6-11(13)5-9)7-12(15)2-3-14-8-12/h4-6,14-15H,2-3,7-8H2,1H3. The van der Waals surface area contributed by atoms with Gasteiger partial charge in [-0.2, -0.15) is 0 Å². The Morgan fingerprint density at radius 2 is 2.27 bits per heavy atom. The molecule has 0 spiro atoms. The van der Waals surface area contributed by atoms with E-state index >= 15 is 0 Å². The van der Waals surface area contributed by atoms with E-state index in [2.05, 4.69) is 46.4 Å². The van der Waals surface area contributed by atoms with Gasteiger partial charge in [0, 0.05) is 17.4 Å². The molecular formula is C12H16BrNO. The second-order valence-electron chi connectivity index (χ2n) is 4.46. The summed E-state index contributed by atoms with van der Waals surface area (Å²) in [7, 11) is 0. The highest BCUT2D eigenvalue weighted by atomic mass is 79.9.